The van der Waals surface area contributed by atoms with Crippen molar-refractivity contribution in [3.63, 3.8) is 0 Å². The zero-order chi connectivity index (χ0) is 16.0. The van der Waals surface area contributed by atoms with Crippen molar-refractivity contribution in [3.8, 4) is 0 Å². The molecule has 1 saturated heterocycles. The molecule has 2 rings (SSSR count). The van der Waals surface area contributed by atoms with Gasteiger partial charge in [0.1, 0.15) is 0 Å². The third-order valence-corrected chi connectivity index (χ3v) is 4.37. The Morgan fingerprint density at radius 2 is 1.95 bits per heavy atom. The van der Waals surface area contributed by atoms with E-state index in [1.807, 2.05) is 0 Å². The Morgan fingerprint density at radius 1 is 1.33 bits per heavy atom. The summed E-state index contributed by atoms with van der Waals surface area (Å²) in [4.78, 5) is 0. The van der Waals surface area contributed by atoms with Gasteiger partial charge in [-0.25, -0.2) is 8.78 Å². The Balaban J connectivity index is 2.47. The van der Waals surface area contributed by atoms with Gasteiger partial charge in [0, 0.05) is 17.4 Å². The number of hydrogen-bond acceptors (Lipinski definition) is 1. The maximum atomic E-state index is 13.8. The topological polar surface area (TPSA) is 9.23 Å². The van der Waals surface area contributed by atoms with Gasteiger partial charge in [-0.2, -0.15) is 13.2 Å². The van der Waals surface area contributed by atoms with E-state index in [-0.39, 0.29) is 17.7 Å². The minimum absolute atomic E-state index is 0.109. The van der Waals surface area contributed by atoms with E-state index in [2.05, 4.69) is 6.58 Å². The van der Waals surface area contributed by atoms with Gasteiger partial charge in [0.15, 0.2) is 17.2 Å². The van der Waals surface area contributed by atoms with Gasteiger partial charge in [-0.15, -0.1) is 0 Å². The van der Waals surface area contributed by atoms with Crippen LogP contribution in [0, 0.1) is 17.6 Å². The van der Waals surface area contributed by atoms with Crippen LogP contribution in [0.4, 0.5) is 22.0 Å². The Labute approximate surface area is 119 Å². The molecule has 1 nitrogen and oxygen atoms in total. The number of halogens is 5. The van der Waals surface area contributed by atoms with E-state index in [0.29, 0.717) is 0 Å². The molecule has 1 heterocycles. The summed E-state index contributed by atoms with van der Waals surface area (Å²) in [5, 5.41) is 0. The van der Waals surface area contributed by atoms with E-state index in [1.54, 1.807) is 0 Å². The molecule has 1 aromatic carbocycles. The van der Waals surface area contributed by atoms with Gasteiger partial charge in [0.2, 0.25) is 0 Å². The molecular formula is C15H15F5O. The molecule has 6 heteroatoms. The lowest BCUT2D eigenvalue weighted by Gasteiger charge is -2.32. The molecule has 1 aromatic rings. The maximum Gasteiger partial charge on any atom is 0.417 e. The summed E-state index contributed by atoms with van der Waals surface area (Å²) in [6, 6.07) is 2.20. The molecule has 0 radical (unpaired) electrons. The van der Waals surface area contributed by atoms with Gasteiger partial charge in [-0.1, -0.05) is 25.6 Å². The van der Waals surface area contributed by atoms with Crippen LogP contribution in [-0.2, 0) is 4.74 Å². The number of ether oxygens (including phenoxy) is 1. The Kier molecular flexibility index (Phi) is 3.86. The normalized spacial score (nSPS) is 29.7. The van der Waals surface area contributed by atoms with Crippen LogP contribution in [0.2, 0.25) is 0 Å². The van der Waals surface area contributed by atoms with Crippen LogP contribution in [0.5, 0.6) is 0 Å². The average Bonchev–Trinajstić information content (AvgIpc) is 2.70. The van der Waals surface area contributed by atoms with Crippen LogP contribution < -0.4 is 0 Å². The number of hydrogen-bond donors (Lipinski definition) is 0. The number of benzene rings is 1. The second-order valence-corrected chi connectivity index (χ2v) is 5.38. The van der Waals surface area contributed by atoms with E-state index in [9.17, 15) is 22.0 Å². The zero-order valence-corrected chi connectivity index (χ0v) is 11.6. The Morgan fingerprint density at radius 3 is 2.43 bits per heavy atom. The fourth-order valence-corrected chi connectivity index (χ4v) is 2.73. The summed E-state index contributed by atoms with van der Waals surface area (Å²) in [5.41, 5.74) is -2.13. The Bertz CT molecular complexity index is 566. The van der Waals surface area contributed by atoms with Crippen molar-refractivity contribution < 1.29 is 26.7 Å². The standard InChI is InChI=1S/C15H15F5O/c1-4-9-10(5-6-12(16)13(9)17)11-7-21-14(3,8(11)2)15(18,19)20/h4-6,8,11H,1,7H2,2-3H3/t8-,11-,14-/m0/s1. The average molecular weight is 306 g/mol. The Hall–Kier alpha value is -1.43. The highest BCUT2D eigenvalue weighted by molar-refractivity contribution is 5.54. The van der Waals surface area contributed by atoms with E-state index >= 15 is 0 Å². The van der Waals surface area contributed by atoms with Crippen LogP contribution in [0.3, 0.4) is 0 Å². The summed E-state index contributed by atoms with van der Waals surface area (Å²) in [7, 11) is 0. The fourth-order valence-electron chi connectivity index (χ4n) is 2.73. The first kappa shape index (κ1) is 15.9. The minimum atomic E-state index is -4.53. The predicted octanol–water partition coefficient (Wildman–Crippen LogP) is 4.68. The molecule has 0 N–H and O–H groups in total. The van der Waals surface area contributed by atoms with Gasteiger partial charge in [0.05, 0.1) is 6.61 Å². The third kappa shape index (κ3) is 2.35. The highest BCUT2D eigenvalue weighted by Crippen LogP contribution is 2.50. The minimum Gasteiger partial charge on any atom is -0.365 e. The number of rotatable bonds is 2. The molecule has 0 saturated carbocycles. The van der Waals surface area contributed by atoms with Crippen LogP contribution >= 0.6 is 0 Å². The molecule has 116 valence electrons. The monoisotopic (exact) mass is 306 g/mol. The van der Waals surface area contributed by atoms with E-state index in [0.717, 1.165) is 19.1 Å². The lowest BCUT2D eigenvalue weighted by atomic mass is 9.78. The molecule has 0 spiro atoms. The van der Waals surface area contributed by atoms with Crippen molar-refractivity contribution >= 4 is 6.08 Å². The van der Waals surface area contributed by atoms with Gasteiger partial charge in [0.25, 0.3) is 0 Å². The van der Waals surface area contributed by atoms with E-state index < -0.39 is 35.2 Å². The molecule has 21 heavy (non-hydrogen) atoms. The molecule has 0 bridgehead atoms. The molecule has 0 aromatic heterocycles. The number of alkyl halides is 3. The molecule has 1 fully saturated rings. The second-order valence-electron chi connectivity index (χ2n) is 5.38. The van der Waals surface area contributed by atoms with Crippen LogP contribution in [0.25, 0.3) is 6.08 Å². The lowest BCUT2D eigenvalue weighted by molar-refractivity contribution is -0.266. The highest BCUT2D eigenvalue weighted by Gasteiger charge is 2.61. The summed E-state index contributed by atoms with van der Waals surface area (Å²) in [5.74, 6) is -3.77. The summed E-state index contributed by atoms with van der Waals surface area (Å²) in [6.45, 7) is 5.58. The summed E-state index contributed by atoms with van der Waals surface area (Å²) >= 11 is 0. The van der Waals surface area contributed by atoms with Crippen molar-refractivity contribution in [2.45, 2.75) is 31.5 Å². The highest BCUT2D eigenvalue weighted by atomic mass is 19.4. The second kappa shape index (κ2) is 5.09. The first-order valence-electron chi connectivity index (χ1n) is 6.44. The molecule has 0 amide bonds. The van der Waals surface area contributed by atoms with E-state index in [4.69, 9.17) is 4.74 Å². The third-order valence-electron chi connectivity index (χ3n) is 4.37. The molecule has 0 aliphatic carbocycles. The van der Waals surface area contributed by atoms with Crippen molar-refractivity contribution in [2.75, 3.05) is 6.61 Å². The lowest BCUT2D eigenvalue weighted by Crippen LogP contribution is -2.46. The fraction of sp³-hybridized carbons (Fsp3) is 0.467. The SMILES string of the molecule is C=Cc1c([C@H]2CO[C@](C)(C(F)(F)F)[C@H]2C)ccc(F)c1F. The van der Waals surface area contributed by atoms with Crippen molar-refractivity contribution in [3.05, 3.63) is 41.5 Å². The van der Waals surface area contributed by atoms with Gasteiger partial charge in [-0.05, 0) is 18.6 Å². The van der Waals surface area contributed by atoms with Gasteiger partial charge >= 0.3 is 6.18 Å². The van der Waals surface area contributed by atoms with Gasteiger partial charge in [-0.3, -0.25) is 0 Å². The van der Waals surface area contributed by atoms with Crippen molar-refractivity contribution in [2.24, 2.45) is 5.92 Å². The van der Waals surface area contributed by atoms with Gasteiger partial charge < -0.3 is 4.74 Å². The smallest absolute Gasteiger partial charge is 0.365 e. The molecule has 0 unspecified atom stereocenters. The molecule has 3 atom stereocenters. The van der Waals surface area contributed by atoms with Crippen LogP contribution in [0.15, 0.2) is 18.7 Å². The van der Waals surface area contributed by atoms with Crippen LogP contribution in [0.1, 0.15) is 30.9 Å². The van der Waals surface area contributed by atoms with E-state index in [1.165, 1.54) is 13.0 Å². The molecule has 1 aliphatic heterocycles. The molecule has 1 aliphatic rings. The summed E-state index contributed by atoms with van der Waals surface area (Å²) in [6.07, 6.45) is -3.42. The van der Waals surface area contributed by atoms with Crippen molar-refractivity contribution in [1.82, 2.24) is 0 Å². The predicted molar refractivity (Wildman–Crippen MR) is 68.8 cm³/mol. The maximum absolute atomic E-state index is 13.8. The quantitative estimate of drug-likeness (QED) is 0.721. The summed E-state index contributed by atoms with van der Waals surface area (Å²) < 4.78 is 71.4. The first-order chi connectivity index (χ1) is 9.63. The zero-order valence-electron chi connectivity index (χ0n) is 11.6. The first-order valence-corrected chi connectivity index (χ1v) is 6.44. The van der Waals surface area contributed by atoms with Crippen LogP contribution in [-0.4, -0.2) is 18.4 Å². The largest absolute Gasteiger partial charge is 0.417 e. The molecular weight excluding hydrogens is 291 g/mol. The van der Waals surface area contributed by atoms with Crippen molar-refractivity contribution in [1.29, 1.82) is 0 Å².